The number of anilines is 1. The van der Waals surface area contributed by atoms with Crippen LogP contribution in [0.1, 0.15) is 44.3 Å². The number of halogens is 1. The largest absolute Gasteiger partial charge is 0.440 e. The Bertz CT molecular complexity index is 902. The third kappa shape index (κ3) is 3.85. The number of nitrogens with zero attached hydrogens (tertiary/aromatic N) is 2. The van der Waals surface area contributed by atoms with Crippen molar-refractivity contribution in [3.05, 3.63) is 40.6 Å². The van der Waals surface area contributed by atoms with Crippen LogP contribution < -0.4 is 5.32 Å². The summed E-state index contributed by atoms with van der Waals surface area (Å²) in [4.78, 5) is 16.7. The number of nitrogens with one attached hydrogen (secondary N) is 1. The normalized spacial score (nSPS) is 11.9. The maximum Gasteiger partial charge on any atom is 0.229 e. The van der Waals surface area contributed by atoms with E-state index in [-0.39, 0.29) is 23.0 Å². The molecular weight excluding hydrogens is 342 g/mol. The highest BCUT2D eigenvalue weighted by Gasteiger charge is 2.21. The lowest BCUT2D eigenvalue weighted by Crippen LogP contribution is -2.12. The molecule has 132 valence electrons. The summed E-state index contributed by atoms with van der Waals surface area (Å²) in [7, 11) is 0. The van der Waals surface area contributed by atoms with E-state index >= 15 is 0 Å². The van der Waals surface area contributed by atoms with Crippen LogP contribution in [-0.2, 0) is 16.6 Å². The molecule has 0 aliphatic heterocycles. The maximum absolute atomic E-state index is 12.2. The Morgan fingerprint density at radius 2 is 2.08 bits per heavy atom. The van der Waals surface area contributed by atoms with E-state index in [0.717, 1.165) is 11.1 Å². The lowest BCUT2D eigenvalue weighted by Gasteiger charge is -2.11. The van der Waals surface area contributed by atoms with Gasteiger partial charge in [-0.2, -0.15) is 0 Å². The van der Waals surface area contributed by atoms with Crippen molar-refractivity contribution in [1.82, 2.24) is 10.1 Å². The highest BCUT2D eigenvalue weighted by molar-refractivity contribution is 6.29. The van der Waals surface area contributed by atoms with Gasteiger partial charge in [0.1, 0.15) is 5.52 Å². The number of oxazole rings is 1. The van der Waals surface area contributed by atoms with Gasteiger partial charge in [0.15, 0.2) is 5.58 Å². The van der Waals surface area contributed by atoms with E-state index in [9.17, 15) is 4.79 Å². The zero-order valence-corrected chi connectivity index (χ0v) is 15.4. The van der Waals surface area contributed by atoms with Crippen LogP contribution in [0.5, 0.6) is 0 Å². The van der Waals surface area contributed by atoms with E-state index in [2.05, 4.69) is 15.5 Å². The Hall–Kier alpha value is -2.34. The second kappa shape index (κ2) is 6.52. The fraction of sp³-hybridized carbons (Fsp3) is 0.389. The summed E-state index contributed by atoms with van der Waals surface area (Å²) in [6.07, 6.45) is 0.756. The Labute approximate surface area is 150 Å². The molecule has 0 saturated heterocycles. The maximum atomic E-state index is 12.2. The van der Waals surface area contributed by atoms with Gasteiger partial charge in [-0.05, 0) is 43.1 Å². The Balaban J connectivity index is 1.69. The second-order valence-corrected chi connectivity index (χ2v) is 7.36. The summed E-state index contributed by atoms with van der Waals surface area (Å²) in [5, 5.41) is 6.89. The molecule has 0 atom stereocenters. The van der Waals surface area contributed by atoms with Crippen LogP contribution in [0.2, 0.25) is 5.22 Å². The molecule has 3 aromatic rings. The standard InChI is InChI=1S/C18H20ClN3O3/c1-10-12(16(19)25-22-10)6-8-15(23)20-11-5-7-14-13(9-11)21-17(24-14)18(2,3)4/h5,7,9H,6,8H2,1-4H3,(H,20,23). The summed E-state index contributed by atoms with van der Waals surface area (Å²) >= 11 is 5.91. The van der Waals surface area contributed by atoms with E-state index < -0.39 is 0 Å². The lowest BCUT2D eigenvalue weighted by molar-refractivity contribution is -0.116. The van der Waals surface area contributed by atoms with E-state index in [0.29, 0.717) is 29.3 Å². The SMILES string of the molecule is Cc1noc(Cl)c1CCC(=O)Nc1ccc2oc(C(C)(C)C)nc2c1. The third-order valence-corrected chi connectivity index (χ3v) is 4.15. The van der Waals surface area contributed by atoms with Crippen molar-refractivity contribution in [2.75, 3.05) is 5.32 Å². The molecule has 1 aromatic carbocycles. The molecule has 0 bridgehead atoms. The molecule has 6 nitrogen and oxygen atoms in total. The van der Waals surface area contributed by atoms with Gasteiger partial charge in [0, 0.05) is 23.1 Å². The summed E-state index contributed by atoms with van der Waals surface area (Å²) in [5.41, 5.74) is 3.41. The molecule has 1 amide bonds. The van der Waals surface area contributed by atoms with Crippen LogP contribution in [0.25, 0.3) is 11.1 Å². The first-order valence-corrected chi connectivity index (χ1v) is 8.43. The fourth-order valence-corrected chi connectivity index (χ4v) is 2.69. The first kappa shape index (κ1) is 17.5. The van der Waals surface area contributed by atoms with Crippen molar-refractivity contribution in [1.29, 1.82) is 0 Å². The molecule has 3 rings (SSSR count). The number of aromatic nitrogens is 2. The molecule has 0 spiro atoms. The molecule has 0 saturated carbocycles. The smallest absolute Gasteiger partial charge is 0.229 e. The number of amides is 1. The van der Waals surface area contributed by atoms with Crippen molar-refractivity contribution < 1.29 is 13.7 Å². The van der Waals surface area contributed by atoms with Crippen LogP contribution in [0.15, 0.2) is 27.1 Å². The summed E-state index contributed by atoms with van der Waals surface area (Å²) in [6.45, 7) is 7.92. The monoisotopic (exact) mass is 361 g/mol. The number of fused-ring (bicyclic) bond motifs is 1. The number of rotatable bonds is 4. The molecule has 2 heterocycles. The Kier molecular flexibility index (Phi) is 4.56. The van der Waals surface area contributed by atoms with Crippen molar-refractivity contribution in [2.24, 2.45) is 0 Å². The fourth-order valence-electron chi connectivity index (χ4n) is 2.43. The van der Waals surface area contributed by atoms with Crippen molar-refractivity contribution in [2.45, 2.75) is 46.0 Å². The first-order valence-electron chi connectivity index (χ1n) is 8.05. The average Bonchev–Trinajstić information content (AvgIpc) is 3.09. The predicted molar refractivity (Wildman–Crippen MR) is 95.9 cm³/mol. The molecular formula is C18H20ClN3O3. The molecule has 0 fully saturated rings. The minimum Gasteiger partial charge on any atom is -0.440 e. The van der Waals surface area contributed by atoms with E-state index in [1.807, 2.05) is 32.9 Å². The number of aryl methyl sites for hydroxylation is 1. The minimum absolute atomic E-state index is 0.115. The number of benzene rings is 1. The van der Waals surface area contributed by atoms with Crippen LogP contribution in [0, 0.1) is 6.92 Å². The summed E-state index contributed by atoms with van der Waals surface area (Å²) < 4.78 is 10.6. The highest BCUT2D eigenvalue weighted by atomic mass is 35.5. The van der Waals surface area contributed by atoms with E-state index in [1.165, 1.54) is 0 Å². The van der Waals surface area contributed by atoms with Gasteiger partial charge < -0.3 is 14.3 Å². The molecule has 0 radical (unpaired) electrons. The van der Waals surface area contributed by atoms with Gasteiger partial charge in [-0.3, -0.25) is 4.79 Å². The van der Waals surface area contributed by atoms with E-state index in [4.69, 9.17) is 20.5 Å². The number of hydrogen-bond acceptors (Lipinski definition) is 5. The van der Waals surface area contributed by atoms with Gasteiger partial charge >= 0.3 is 0 Å². The predicted octanol–water partition coefficient (Wildman–Crippen LogP) is 4.65. The molecule has 0 aliphatic carbocycles. The van der Waals surface area contributed by atoms with Crippen LogP contribution >= 0.6 is 11.6 Å². The average molecular weight is 362 g/mol. The molecule has 2 aromatic heterocycles. The van der Waals surface area contributed by atoms with Crippen molar-refractivity contribution in [3.63, 3.8) is 0 Å². The Morgan fingerprint density at radius 1 is 1.32 bits per heavy atom. The molecule has 0 unspecified atom stereocenters. The number of hydrogen-bond donors (Lipinski definition) is 1. The van der Waals surface area contributed by atoms with Crippen molar-refractivity contribution in [3.8, 4) is 0 Å². The lowest BCUT2D eigenvalue weighted by atomic mass is 9.97. The van der Waals surface area contributed by atoms with Gasteiger partial charge in [-0.1, -0.05) is 25.9 Å². The van der Waals surface area contributed by atoms with Crippen LogP contribution in [0.3, 0.4) is 0 Å². The third-order valence-electron chi connectivity index (χ3n) is 3.85. The molecule has 7 heteroatoms. The summed E-state index contributed by atoms with van der Waals surface area (Å²) in [6, 6.07) is 5.42. The van der Waals surface area contributed by atoms with E-state index in [1.54, 1.807) is 13.0 Å². The van der Waals surface area contributed by atoms with Gasteiger partial charge in [0.05, 0.1) is 5.69 Å². The number of carbonyl (C=O) groups excluding carboxylic acids is 1. The molecule has 0 aliphatic rings. The quantitative estimate of drug-likeness (QED) is 0.731. The number of carbonyl (C=O) groups is 1. The molecule has 1 N–H and O–H groups in total. The van der Waals surface area contributed by atoms with Crippen molar-refractivity contribution >= 4 is 34.3 Å². The second-order valence-electron chi connectivity index (χ2n) is 7.02. The van der Waals surface area contributed by atoms with Gasteiger partial charge in [0.25, 0.3) is 0 Å². The highest BCUT2D eigenvalue weighted by Crippen LogP contribution is 2.27. The minimum atomic E-state index is -0.168. The topological polar surface area (TPSA) is 81.2 Å². The Morgan fingerprint density at radius 3 is 2.72 bits per heavy atom. The van der Waals surface area contributed by atoms with Gasteiger partial charge in [0.2, 0.25) is 17.0 Å². The van der Waals surface area contributed by atoms with Crippen LogP contribution in [0.4, 0.5) is 5.69 Å². The summed E-state index contributed by atoms with van der Waals surface area (Å²) in [5.74, 6) is 0.555. The first-order chi connectivity index (χ1) is 11.7. The zero-order chi connectivity index (χ0) is 18.2. The van der Waals surface area contributed by atoms with Gasteiger partial charge in [-0.25, -0.2) is 4.98 Å². The molecule has 25 heavy (non-hydrogen) atoms. The zero-order valence-electron chi connectivity index (χ0n) is 14.6. The van der Waals surface area contributed by atoms with Gasteiger partial charge in [-0.15, -0.1) is 0 Å². The van der Waals surface area contributed by atoms with Crippen LogP contribution in [-0.4, -0.2) is 16.0 Å².